The van der Waals surface area contributed by atoms with Gasteiger partial charge in [-0.3, -0.25) is 14.5 Å². The van der Waals surface area contributed by atoms with Gasteiger partial charge in [0.2, 0.25) is 5.91 Å². The fraction of sp³-hybridized carbons (Fsp3) is 0.429. The molecule has 1 spiro atoms. The maximum absolute atomic E-state index is 12.6. The van der Waals surface area contributed by atoms with Crippen molar-refractivity contribution < 1.29 is 14.4 Å². The summed E-state index contributed by atoms with van der Waals surface area (Å²) in [5, 5.41) is 9.96. The number of carbonyl (C=O) groups is 3. The molecule has 1 aromatic carbocycles. The molecule has 1 aliphatic carbocycles. The Morgan fingerprint density at radius 2 is 2.03 bits per heavy atom. The molecular formula is C21H25N5O3. The smallest absolute Gasteiger partial charge is 0.325 e. The van der Waals surface area contributed by atoms with Gasteiger partial charge in [0, 0.05) is 31.9 Å². The lowest BCUT2D eigenvalue weighted by Crippen LogP contribution is -2.44. The standard InChI is InChI=1S/C21H25N5O3/c27-18(22-15-16-6-3-7-17(14-16)26-13-5-11-23-26)8-4-12-25-19(28)21(24-20(25)29)9-1-2-10-21/h3,5-7,11,13-14H,1-2,4,8-10,12,15H2,(H,22,27)(H,24,29). The third-order valence-corrected chi connectivity index (χ3v) is 5.66. The molecule has 1 aromatic heterocycles. The number of nitrogens with zero attached hydrogens (tertiary/aromatic N) is 3. The van der Waals surface area contributed by atoms with E-state index in [2.05, 4.69) is 15.7 Å². The highest BCUT2D eigenvalue weighted by atomic mass is 16.2. The van der Waals surface area contributed by atoms with Gasteiger partial charge in [0.15, 0.2) is 0 Å². The Morgan fingerprint density at radius 3 is 2.79 bits per heavy atom. The Morgan fingerprint density at radius 1 is 1.21 bits per heavy atom. The predicted molar refractivity (Wildman–Crippen MR) is 106 cm³/mol. The molecule has 2 heterocycles. The molecule has 1 saturated carbocycles. The fourth-order valence-electron chi connectivity index (χ4n) is 4.11. The molecule has 2 aromatic rings. The number of carbonyl (C=O) groups excluding carboxylic acids is 3. The van der Waals surface area contributed by atoms with Gasteiger partial charge in [-0.05, 0) is 43.0 Å². The first kappa shape index (κ1) is 19.2. The van der Waals surface area contributed by atoms with Crippen LogP contribution in [0.3, 0.4) is 0 Å². The second kappa shape index (κ2) is 8.06. The average molecular weight is 395 g/mol. The molecule has 8 nitrogen and oxygen atoms in total. The molecular weight excluding hydrogens is 370 g/mol. The van der Waals surface area contributed by atoms with Crippen molar-refractivity contribution in [3.05, 3.63) is 48.3 Å². The Bertz CT molecular complexity index is 903. The summed E-state index contributed by atoms with van der Waals surface area (Å²) >= 11 is 0. The van der Waals surface area contributed by atoms with Crippen LogP contribution >= 0.6 is 0 Å². The molecule has 0 radical (unpaired) electrons. The number of imide groups is 1. The quantitative estimate of drug-likeness (QED) is 0.702. The van der Waals surface area contributed by atoms with Crippen molar-refractivity contribution in [3.63, 3.8) is 0 Å². The van der Waals surface area contributed by atoms with Crippen LogP contribution in [0.5, 0.6) is 0 Å². The number of nitrogens with one attached hydrogen (secondary N) is 2. The topological polar surface area (TPSA) is 96.3 Å². The molecule has 1 aliphatic heterocycles. The van der Waals surface area contributed by atoms with E-state index in [0.717, 1.165) is 24.1 Å². The van der Waals surface area contributed by atoms with E-state index < -0.39 is 5.54 Å². The van der Waals surface area contributed by atoms with E-state index in [9.17, 15) is 14.4 Å². The molecule has 2 N–H and O–H groups in total. The van der Waals surface area contributed by atoms with Gasteiger partial charge in [0.05, 0.1) is 5.69 Å². The third-order valence-electron chi connectivity index (χ3n) is 5.66. The number of aromatic nitrogens is 2. The molecule has 0 unspecified atom stereocenters. The number of rotatable bonds is 7. The minimum absolute atomic E-state index is 0.0999. The molecule has 152 valence electrons. The van der Waals surface area contributed by atoms with Gasteiger partial charge in [-0.25, -0.2) is 9.48 Å². The van der Waals surface area contributed by atoms with Gasteiger partial charge in [-0.1, -0.05) is 25.0 Å². The van der Waals surface area contributed by atoms with Gasteiger partial charge in [0.25, 0.3) is 5.91 Å². The Hall–Kier alpha value is -3.16. The molecule has 4 rings (SSSR count). The van der Waals surface area contributed by atoms with Gasteiger partial charge in [-0.2, -0.15) is 5.10 Å². The number of urea groups is 1. The molecule has 0 bridgehead atoms. The SMILES string of the molecule is O=C(CCCN1C(=O)NC2(CCCC2)C1=O)NCc1cccc(-n2cccn2)c1. The Balaban J connectivity index is 1.23. The van der Waals surface area contributed by atoms with Gasteiger partial charge < -0.3 is 10.6 Å². The number of amides is 4. The van der Waals surface area contributed by atoms with E-state index in [4.69, 9.17) is 0 Å². The zero-order valence-electron chi connectivity index (χ0n) is 16.3. The summed E-state index contributed by atoms with van der Waals surface area (Å²) in [7, 11) is 0. The van der Waals surface area contributed by atoms with Crippen LogP contribution in [-0.2, 0) is 16.1 Å². The average Bonchev–Trinajstić information content (AvgIpc) is 3.46. The highest BCUT2D eigenvalue weighted by Crippen LogP contribution is 2.35. The van der Waals surface area contributed by atoms with Crippen LogP contribution in [0.1, 0.15) is 44.1 Å². The van der Waals surface area contributed by atoms with E-state index in [-0.39, 0.29) is 30.8 Å². The van der Waals surface area contributed by atoms with Crippen molar-refractivity contribution in [2.45, 2.75) is 50.6 Å². The largest absolute Gasteiger partial charge is 0.352 e. The highest BCUT2D eigenvalue weighted by molar-refractivity contribution is 6.07. The molecule has 2 aliphatic rings. The summed E-state index contributed by atoms with van der Waals surface area (Å²) in [5.41, 5.74) is 1.23. The summed E-state index contributed by atoms with van der Waals surface area (Å²) in [6.07, 6.45) is 7.65. The summed E-state index contributed by atoms with van der Waals surface area (Å²) in [6.45, 7) is 0.689. The van der Waals surface area contributed by atoms with Crippen LogP contribution in [0.2, 0.25) is 0 Å². The van der Waals surface area contributed by atoms with Crippen molar-refractivity contribution in [2.24, 2.45) is 0 Å². The van der Waals surface area contributed by atoms with Crippen molar-refractivity contribution >= 4 is 17.8 Å². The molecule has 1 saturated heterocycles. The minimum Gasteiger partial charge on any atom is -0.352 e. The van der Waals surface area contributed by atoms with E-state index in [1.54, 1.807) is 10.9 Å². The number of hydrogen-bond acceptors (Lipinski definition) is 4. The molecule has 29 heavy (non-hydrogen) atoms. The summed E-state index contributed by atoms with van der Waals surface area (Å²) in [6, 6.07) is 9.33. The van der Waals surface area contributed by atoms with Crippen molar-refractivity contribution in [1.82, 2.24) is 25.3 Å². The lowest BCUT2D eigenvalue weighted by atomic mass is 9.98. The van der Waals surface area contributed by atoms with Crippen LogP contribution < -0.4 is 10.6 Å². The second-order valence-corrected chi connectivity index (χ2v) is 7.68. The highest BCUT2D eigenvalue weighted by Gasteiger charge is 2.51. The van der Waals surface area contributed by atoms with Crippen LogP contribution in [0.25, 0.3) is 5.69 Å². The zero-order valence-corrected chi connectivity index (χ0v) is 16.3. The minimum atomic E-state index is -0.682. The van der Waals surface area contributed by atoms with E-state index in [1.165, 1.54) is 4.90 Å². The summed E-state index contributed by atoms with van der Waals surface area (Å²) < 4.78 is 1.76. The van der Waals surface area contributed by atoms with Gasteiger partial charge in [-0.15, -0.1) is 0 Å². The lowest BCUT2D eigenvalue weighted by Gasteiger charge is -2.19. The molecule has 4 amide bonds. The van der Waals surface area contributed by atoms with E-state index >= 15 is 0 Å². The van der Waals surface area contributed by atoms with Gasteiger partial charge in [0.1, 0.15) is 5.54 Å². The van der Waals surface area contributed by atoms with Crippen molar-refractivity contribution in [2.75, 3.05) is 6.54 Å². The van der Waals surface area contributed by atoms with Crippen LogP contribution in [0.4, 0.5) is 4.79 Å². The Labute approximate surface area is 169 Å². The maximum atomic E-state index is 12.6. The molecule has 8 heteroatoms. The third kappa shape index (κ3) is 4.01. The summed E-state index contributed by atoms with van der Waals surface area (Å²) in [4.78, 5) is 38.2. The van der Waals surface area contributed by atoms with E-state index in [1.807, 2.05) is 36.5 Å². The van der Waals surface area contributed by atoms with Crippen molar-refractivity contribution in [1.29, 1.82) is 0 Å². The molecule has 0 atom stereocenters. The first-order valence-electron chi connectivity index (χ1n) is 10.1. The predicted octanol–water partition coefficient (Wildman–Crippen LogP) is 2.13. The fourth-order valence-corrected chi connectivity index (χ4v) is 4.11. The monoisotopic (exact) mass is 395 g/mol. The second-order valence-electron chi connectivity index (χ2n) is 7.68. The van der Waals surface area contributed by atoms with Crippen LogP contribution in [-0.4, -0.2) is 44.6 Å². The van der Waals surface area contributed by atoms with E-state index in [0.29, 0.717) is 25.8 Å². The number of benzene rings is 1. The lowest BCUT2D eigenvalue weighted by molar-refractivity contribution is -0.131. The first-order chi connectivity index (χ1) is 14.1. The normalized spacial score (nSPS) is 17.7. The number of hydrogen-bond donors (Lipinski definition) is 2. The summed E-state index contributed by atoms with van der Waals surface area (Å²) in [5.74, 6) is -0.229. The Kier molecular flexibility index (Phi) is 5.33. The first-order valence-corrected chi connectivity index (χ1v) is 10.1. The van der Waals surface area contributed by atoms with Crippen LogP contribution in [0, 0.1) is 0 Å². The molecule has 2 fully saturated rings. The maximum Gasteiger partial charge on any atom is 0.325 e. The van der Waals surface area contributed by atoms with Crippen molar-refractivity contribution in [3.8, 4) is 5.69 Å². The van der Waals surface area contributed by atoms with Crippen LogP contribution in [0.15, 0.2) is 42.7 Å². The van der Waals surface area contributed by atoms with Gasteiger partial charge >= 0.3 is 6.03 Å². The zero-order chi connectivity index (χ0) is 20.3.